The molecule has 22 heavy (non-hydrogen) atoms. The maximum absolute atomic E-state index is 12.3. The van der Waals surface area contributed by atoms with Crippen LogP contribution in [0.1, 0.15) is 31.4 Å². The Labute approximate surface area is 138 Å². The summed E-state index contributed by atoms with van der Waals surface area (Å²) in [6, 6.07) is 5.49. The third-order valence-electron chi connectivity index (χ3n) is 3.93. The van der Waals surface area contributed by atoms with Gasteiger partial charge in [-0.3, -0.25) is 4.79 Å². The molecule has 6 heteroatoms. The second-order valence-corrected chi connectivity index (χ2v) is 5.38. The molecular weight excluding hydrogens is 304 g/mol. The highest BCUT2D eigenvalue weighted by Crippen LogP contribution is 2.29. The molecular formula is C16H25ClN2O3. The summed E-state index contributed by atoms with van der Waals surface area (Å²) in [5, 5.41) is 6.34. The molecule has 1 aromatic rings. The van der Waals surface area contributed by atoms with Crippen molar-refractivity contribution < 1.29 is 14.3 Å². The first kappa shape index (κ1) is 18.6. The van der Waals surface area contributed by atoms with Crippen molar-refractivity contribution in [2.24, 2.45) is 5.92 Å². The molecule has 0 radical (unpaired) electrons. The summed E-state index contributed by atoms with van der Waals surface area (Å²) in [4.78, 5) is 12.3. The van der Waals surface area contributed by atoms with Crippen molar-refractivity contribution in [3.8, 4) is 11.5 Å². The number of piperidine rings is 1. The Morgan fingerprint density at radius 1 is 1.36 bits per heavy atom. The SMILES string of the molecule is COc1ccc(OC)c(C(C)NC(=O)C2CCCNC2)c1.Cl. The van der Waals surface area contributed by atoms with E-state index >= 15 is 0 Å². The Hall–Kier alpha value is -1.46. The first-order chi connectivity index (χ1) is 10.2. The van der Waals surface area contributed by atoms with Crippen molar-refractivity contribution in [3.63, 3.8) is 0 Å². The second-order valence-electron chi connectivity index (χ2n) is 5.38. The quantitative estimate of drug-likeness (QED) is 0.870. The highest BCUT2D eigenvalue weighted by atomic mass is 35.5. The lowest BCUT2D eigenvalue weighted by molar-refractivity contribution is -0.126. The average molecular weight is 329 g/mol. The summed E-state index contributed by atoms with van der Waals surface area (Å²) in [5.74, 6) is 1.66. The normalized spacial score (nSPS) is 18.8. The number of nitrogens with one attached hydrogen (secondary N) is 2. The number of halogens is 1. The lowest BCUT2D eigenvalue weighted by Gasteiger charge is -2.25. The molecule has 1 aromatic carbocycles. The molecule has 1 heterocycles. The topological polar surface area (TPSA) is 59.6 Å². The van der Waals surface area contributed by atoms with Gasteiger partial charge in [-0.15, -0.1) is 12.4 Å². The van der Waals surface area contributed by atoms with E-state index < -0.39 is 0 Å². The summed E-state index contributed by atoms with van der Waals surface area (Å²) in [5.41, 5.74) is 0.925. The third-order valence-corrected chi connectivity index (χ3v) is 3.93. The molecule has 0 bridgehead atoms. The molecule has 1 fully saturated rings. The molecule has 1 aliphatic heterocycles. The zero-order valence-corrected chi connectivity index (χ0v) is 14.2. The highest BCUT2D eigenvalue weighted by molar-refractivity contribution is 5.85. The minimum absolute atomic E-state index is 0. The summed E-state index contributed by atoms with van der Waals surface area (Å²) >= 11 is 0. The Kier molecular flexibility index (Phi) is 7.48. The van der Waals surface area contributed by atoms with Crippen LogP contribution >= 0.6 is 12.4 Å². The molecule has 0 spiro atoms. The van der Waals surface area contributed by atoms with E-state index in [9.17, 15) is 4.79 Å². The Balaban J connectivity index is 0.00000242. The zero-order valence-electron chi connectivity index (χ0n) is 13.3. The number of rotatable bonds is 5. The van der Waals surface area contributed by atoms with E-state index in [-0.39, 0.29) is 30.3 Å². The molecule has 2 unspecified atom stereocenters. The molecule has 1 saturated heterocycles. The molecule has 0 aromatic heterocycles. The predicted molar refractivity (Wildman–Crippen MR) is 88.9 cm³/mol. The minimum Gasteiger partial charge on any atom is -0.497 e. The average Bonchev–Trinajstić information content (AvgIpc) is 2.54. The molecule has 5 nitrogen and oxygen atoms in total. The summed E-state index contributed by atoms with van der Waals surface area (Å²) in [7, 11) is 3.26. The van der Waals surface area contributed by atoms with Gasteiger partial charge in [0.1, 0.15) is 11.5 Å². The van der Waals surface area contributed by atoms with E-state index in [0.717, 1.165) is 43.0 Å². The van der Waals surface area contributed by atoms with Crippen LogP contribution < -0.4 is 20.1 Å². The second kappa shape index (κ2) is 8.86. The van der Waals surface area contributed by atoms with Gasteiger partial charge in [-0.25, -0.2) is 0 Å². The van der Waals surface area contributed by atoms with Crippen LogP contribution in [-0.4, -0.2) is 33.2 Å². The Bertz CT molecular complexity index is 490. The molecule has 2 rings (SSSR count). The van der Waals surface area contributed by atoms with Gasteiger partial charge in [-0.2, -0.15) is 0 Å². The molecule has 2 atom stereocenters. The van der Waals surface area contributed by atoms with E-state index in [0.29, 0.717) is 0 Å². The van der Waals surface area contributed by atoms with Crippen LogP contribution in [0.15, 0.2) is 18.2 Å². The minimum atomic E-state index is -0.121. The zero-order chi connectivity index (χ0) is 15.2. The number of hydrogen-bond donors (Lipinski definition) is 2. The summed E-state index contributed by atoms with van der Waals surface area (Å²) in [6.07, 6.45) is 2.00. The molecule has 0 aliphatic carbocycles. The van der Waals surface area contributed by atoms with Gasteiger partial charge in [-0.1, -0.05) is 0 Å². The van der Waals surface area contributed by atoms with Crippen LogP contribution in [0.2, 0.25) is 0 Å². The van der Waals surface area contributed by atoms with Gasteiger partial charge in [0, 0.05) is 12.1 Å². The summed E-state index contributed by atoms with van der Waals surface area (Å²) in [6.45, 7) is 3.72. The van der Waals surface area contributed by atoms with Crippen molar-refractivity contribution in [1.82, 2.24) is 10.6 Å². The van der Waals surface area contributed by atoms with Crippen molar-refractivity contribution in [3.05, 3.63) is 23.8 Å². The number of ether oxygens (including phenoxy) is 2. The largest absolute Gasteiger partial charge is 0.497 e. The Morgan fingerprint density at radius 2 is 2.14 bits per heavy atom. The molecule has 124 valence electrons. The number of benzene rings is 1. The van der Waals surface area contributed by atoms with E-state index in [1.165, 1.54) is 0 Å². The van der Waals surface area contributed by atoms with E-state index in [2.05, 4.69) is 10.6 Å². The van der Waals surface area contributed by atoms with E-state index in [4.69, 9.17) is 9.47 Å². The molecule has 1 aliphatic rings. The Morgan fingerprint density at radius 3 is 2.73 bits per heavy atom. The van der Waals surface area contributed by atoms with E-state index in [1.807, 2.05) is 25.1 Å². The van der Waals surface area contributed by atoms with Crippen LogP contribution in [0.3, 0.4) is 0 Å². The predicted octanol–water partition coefficient (Wildman–Crippen LogP) is 2.30. The van der Waals surface area contributed by atoms with E-state index in [1.54, 1.807) is 14.2 Å². The standard InChI is InChI=1S/C16H24N2O3.ClH/c1-11(18-16(19)12-5-4-8-17-10-12)14-9-13(20-2)6-7-15(14)21-3;/h6-7,9,11-12,17H,4-5,8,10H2,1-3H3,(H,18,19);1H. The number of hydrogen-bond acceptors (Lipinski definition) is 4. The molecule has 1 amide bonds. The van der Waals surface area contributed by atoms with Gasteiger partial charge < -0.3 is 20.1 Å². The fourth-order valence-corrected chi connectivity index (χ4v) is 2.66. The monoisotopic (exact) mass is 328 g/mol. The first-order valence-corrected chi connectivity index (χ1v) is 7.38. The van der Waals surface area contributed by atoms with Gasteiger partial charge in [0.15, 0.2) is 0 Å². The van der Waals surface area contributed by atoms with Gasteiger partial charge in [0.05, 0.1) is 26.2 Å². The van der Waals surface area contributed by atoms with Crippen LogP contribution in [0.5, 0.6) is 11.5 Å². The van der Waals surface area contributed by atoms with Gasteiger partial charge in [0.2, 0.25) is 5.91 Å². The van der Waals surface area contributed by atoms with Gasteiger partial charge in [0.25, 0.3) is 0 Å². The lowest BCUT2D eigenvalue weighted by Crippen LogP contribution is -2.41. The first-order valence-electron chi connectivity index (χ1n) is 7.38. The van der Waals surface area contributed by atoms with Crippen LogP contribution in [0.4, 0.5) is 0 Å². The number of carbonyl (C=O) groups is 1. The van der Waals surface area contributed by atoms with Crippen LogP contribution in [0.25, 0.3) is 0 Å². The fraction of sp³-hybridized carbons (Fsp3) is 0.562. The fourth-order valence-electron chi connectivity index (χ4n) is 2.66. The third kappa shape index (κ3) is 4.52. The maximum Gasteiger partial charge on any atom is 0.224 e. The number of carbonyl (C=O) groups excluding carboxylic acids is 1. The van der Waals surface area contributed by atoms with Crippen molar-refractivity contribution in [2.75, 3.05) is 27.3 Å². The van der Waals surface area contributed by atoms with Crippen molar-refractivity contribution in [1.29, 1.82) is 0 Å². The lowest BCUT2D eigenvalue weighted by atomic mass is 9.97. The smallest absolute Gasteiger partial charge is 0.224 e. The summed E-state index contributed by atoms with van der Waals surface area (Å²) < 4.78 is 10.6. The van der Waals surface area contributed by atoms with Gasteiger partial charge in [-0.05, 0) is 44.5 Å². The molecule has 0 saturated carbocycles. The van der Waals surface area contributed by atoms with Crippen molar-refractivity contribution in [2.45, 2.75) is 25.8 Å². The van der Waals surface area contributed by atoms with Crippen LogP contribution in [-0.2, 0) is 4.79 Å². The highest BCUT2D eigenvalue weighted by Gasteiger charge is 2.23. The van der Waals surface area contributed by atoms with Crippen LogP contribution in [0, 0.1) is 5.92 Å². The van der Waals surface area contributed by atoms with Crippen molar-refractivity contribution >= 4 is 18.3 Å². The maximum atomic E-state index is 12.3. The molecule has 2 N–H and O–H groups in total. The number of methoxy groups -OCH3 is 2. The van der Waals surface area contributed by atoms with Gasteiger partial charge >= 0.3 is 0 Å². The number of amides is 1.